The summed E-state index contributed by atoms with van der Waals surface area (Å²) in [6.07, 6.45) is 5.50. The minimum Gasteiger partial charge on any atom is -0.508 e. The van der Waals surface area contributed by atoms with Gasteiger partial charge in [0.1, 0.15) is 17.3 Å². The number of rotatable bonds is 10. The van der Waals surface area contributed by atoms with Crippen LogP contribution in [0.4, 0.5) is 0 Å². The molecule has 0 spiro atoms. The van der Waals surface area contributed by atoms with E-state index in [1.807, 2.05) is 20.9 Å². The molecular weight excluding hydrogens is 829 g/mol. The molecule has 3 aliphatic heterocycles. The van der Waals surface area contributed by atoms with E-state index in [0.29, 0.717) is 45.4 Å². The van der Waals surface area contributed by atoms with Crippen molar-refractivity contribution in [1.82, 2.24) is 30.1 Å². The zero-order chi connectivity index (χ0) is 47.2. The lowest BCUT2D eigenvalue weighted by Gasteiger charge is -2.43. The molecule has 12 heteroatoms. The molecule has 4 heterocycles. The second-order valence-corrected chi connectivity index (χ2v) is 20.9. The van der Waals surface area contributed by atoms with Crippen LogP contribution in [0.15, 0.2) is 67.3 Å². The number of aryl methyl sites for hydroxylation is 3. The number of hydrazine groups is 1. The number of aromatic nitrogens is 1. The maximum absolute atomic E-state index is 15.5. The summed E-state index contributed by atoms with van der Waals surface area (Å²) in [6.45, 7) is 21.6. The molecule has 6 bridgehead atoms. The van der Waals surface area contributed by atoms with E-state index >= 15 is 9.59 Å². The summed E-state index contributed by atoms with van der Waals surface area (Å²) in [5.41, 5.74) is 10.9. The first-order valence-electron chi connectivity index (χ1n) is 24.2. The average molecular weight is 899 g/mol. The number of hydrogen-bond donors (Lipinski definition) is 3. The van der Waals surface area contributed by atoms with E-state index in [-0.39, 0.29) is 54.3 Å². The number of likely N-dealkylation sites (tertiary alicyclic amines) is 1. The Morgan fingerprint density at radius 2 is 1.74 bits per heavy atom. The molecule has 352 valence electrons. The number of benzene rings is 3. The highest BCUT2D eigenvalue weighted by atomic mass is 16.5. The summed E-state index contributed by atoms with van der Waals surface area (Å²) in [6, 6.07) is 17.1. The van der Waals surface area contributed by atoms with Crippen molar-refractivity contribution in [3.63, 3.8) is 0 Å². The van der Waals surface area contributed by atoms with Gasteiger partial charge in [0.15, 0.2) is 0 Å². The molecule has 3 N–H and O–H groups in total. The van der Waals surface area contributed by atoms with E-state index in [2.05, 4.69) is 104 Å². The molecule has 12 nitrogen and oxygen atoms in total. The summed E-state index contributed by atoms with van der Waals surface area (Å²) in [7, 11) is 1.95. The Kier molecular flexibility index (Phi) is 13.3. The highest BCUT2D eigenvalue weighted by Gasteiger charge is 2.55. The van der Waals surface area contributed by atoms with E-state index in [4.69, 9.17) is 4.74 Å². The second-order valence-electron chi connectivity index (χ2n) is 20.9. The van der Waals surface area contributed by atoms with Crippen molar-refractivity contribution in [1.29, 1.82) is 0 Å². The van der Waals surface area contributed by atoms with Gasteiger partial charge in [-0.2, -0.15) is 0 Å². The molecule has 3 aromatic carbocycles. The van der Waals surface area contributed by atoms with E-state index in [0.717, 1.165) is 59.1 Å². The number of cyclic esters (lactones) is 1. The minimum absolute atomic E-state index is 0.0726. The molecule has 2 saturated heterocycles. The lowest BCUT2D eigenvalue weighted by atomic mass is 9.82. The van der Waals surface area contributed by atoms with Gasteiger partial charge in [-0.1, -0.05) is 64.6 Å². The molecule has 0 unspecified atom stereocenters. The second kappa shape index (κ2) is 18.7. The molecule has 1 aromatic heterocycles. The summed E-state index contributed by atoms with van der Waals surface area (Å²) in [5, 5.41) is 17.6. The standard InChI is InChI=1S/C54H70N6O6/c1-10-46(62)58-23-21-36(31-58)30-57(9)48(33(3)4)50(63)55-54(40-18-19-40)28-37-24-39(26-41(61)25-37)38-17-20-45-42(27-38)43(49(59(45)11-2)47-34(5)14-12-15-35(47)6)29-53(7,8)32-66-51(64)44-16-13-22-60(56-44)52(54)65/h10,12,14-15,17,20,24-27,33,36,40,44,48,56,61H,1,11,13,16,18-19,21-23,28-32H2,2-9H3,(H,55,63)/t36-,44+,48+,54-/m1/s1. The highest BCUT2D eigenvalue weighted by Crippen LogP contribution is 2.45. The summed E-state index contributed by atoms with van der Waals surface area (Å²) in [5.74, 6) is -1.06. The Hall–Kier alpha value is -5.46. The van der Waals surface area contributed by atoms with Crippen LogP contribution in [0.3, 0.4) is 0 Å². The Balaban J connectivity index is 1.24. The summed E-state index contributed by atoms with van der Waals surface area (Å²) in [4.78, 5) is 60.9. The van der Waals surface area contributed by atoms with Crippen molar-refractivity contribution in [2.24, 2.45) is 23.2 Å². The first kappa shape index (κ1) is 47.0. The number of phenols is 1. The number of nitrogens with one attached hydrogen (secondary N) is 2. The van der Waals surface area contributed by atoms with Crippen LogP contribution in [0.2, 0.25) is 0 Å². The molecule has 4 atom stereocenters. The molecule has 8 rings (SSSR count). The molecular formula is C54H70N6O6. The number of ether oxygens (including phenoxy) is 1. The third-order valence-corrected chi connectivity index (χ3v) is 14.7. The average Bonchev–Trinajstić information content (AvgIpc) is 3.97. The lowest BCUT2D eigenvalue weighted by Crippen LogP contribution is -2.69. The van der Waals surface area contributed by atoms with E-state index in [1.165, 1.54) is 28.3 Å². The van der Waals surface area contributed by atoms with Gasteiger partial charge in [-0.05, 0) is 148 Å². The van der Waals surface area contributed by atoms with E-state index < -0.39 is 29.0 Å². The van der Waals surface area contributed by atoms with Crippen LogP contribution in [0.1, 0.15) is 89.0 Å². The molecule has 1 saturated carbocycles. The zero-order valence-electron chi connectivity index (χ0n) is 40.3. The maximum atomic E-state index is 15.5. The third-order valence-electron chi connectivity index (χ3n) is 14.7. The van der Waals surface area contributed by atoms with Gasteiger partial charge in [-0.3, -0.25) is 29.1 Å². The minimum atomic E-state index is -1.39. The fourth-order valence-corrected chi connectivity index (χ4v) is 11.4. The molecule has 3 amide bonds. The van der Waals surface area contributed by atoms with E-state index in [9.17, 15) is 14.7 Å². The topological polar surface area (TPSA) is 136 Å². The Morgan fingerprint density at radius 3 is 2.42 bits per heavy atom. The quantitative estimate of drug-likeness (QED) is 0.109. The van der Waals surface area contributed by atoms with Gasteiger partial charge in [0.25, 0.3) is 5.91 Å². The van der Waals surface area contributed by atoms with Gasteiger partial charge in [-0.15, -0.1) is 0 Å². The SMILES string of the molecule is C=CC(=O)N1CC[C@H](CN(C)[C@H](C(=O)N[C@@]2(C3CC3)Cc3cc(O)cc(c3)-c3ccc4c(c3)c(c(-c3c(C)cccc3C)n4CC)CC(C)(C)COC(=O)[C@@H]3CCCN(N3)C2=O)C(C)C)C1. The molecule has 66 heavy (non-hydrogen) atoms. The van der Waals surface area contributed by atoms with Crippen LogP contribution in [0.5, 0.6) is 5.75 Å². The van der Waals surface area contributed by atoms with Crippen molar-refractivity contribution in [3.05, 3.63) is 89.5 Å². The molecule has 3 fully saturated rings. The lowest BCUT2D eigenvalue weighted by molar-refractivity contribution is -0.158. The first-order valence-corrected chi connectivity index (χ1v) is 24.2. The largest absolute Gasteiger partial charge is 0.508 e. The number of nitrogens with zero attached hydrogens (tertiary/aromatic N) is 4. The first-order chi connectivity index (χ1) is 31.4. The number of carbonyl (C=O) groups excluding carboxylic acids is 4. The van der Waals surface area contributed by atoms with Gasteiger partial charge in [0.2, 0.25) is 11.8 Å². The van der Waals surface area contributed by atoms with Crippen LogP contribution in [0.25, 0.3) is 33.3 Å². The number of phenolic OH excluding ortho intramolecular Hbond substituents is 1. The Morgan fingerprint density at radius 1 is 1.00 bits per heavy atom. The molecule has 4 aromatic rings. The highest BCUT2D eigenvalue weighted by molar-refractivity contribution is 5.97. The van der Waals surface area contributed by atoms with Crippen molar-refractivity contribution in [3.8, 4) is 28.1 Å². The number of amides is 3. The van der Waals surface area contributed by atoms with Gasteiger partial charge >= 0.3 is 5.97 Å². The third kappa shape index (κ3) is 9.28. The van der Waals surface area contributed by atoms with Gasteiger partial charge in [-0.25, -0.2) is 5.43 Å². The fourth-order valence-electron chi connectivity index (χ4n) is 11.4. The van der Waals surface area contributed by atoms with Gasteiger partial charge < -0.3 is 24.6 Å². The number of fused-ring (bicyclic) bond motifs is 6. The van der Waals surface area contributed by atoms with Crippen molar-refractivity contribution < 1.29 is 29.0 Å². The number of likely N-dealkylation sites (N-methyl/N-ethyl adjacent to an activating group) is 1. The number of aromatic hydroxyl groups is 1. The van der Waals surface area contributed by atoms with Crippen molar-refractivity contribution in [2.75, 3.05) is 39.8 Å². The number of hydrogen-bond acceptors (Lipinski definition) is 8. The molecule has 1 aliphatic carbocycles. The van der Waals surface area contributed by atoms with Crippen molar-refractivity contribution >= 4 is 34.6 Å². The maximum Gasteiger partial charge on any atom is 0.324 e. The van der Waals surface area contributed by atoms with Crippen LogP contribution in [-0.4, -0.2) is 106 Å². The number of carbonyl (C=O) groups is 4. The van der Waals surface area contributed by atoms with Crippen LogP contribution >= 0.6 is 0 Å². The van der Waals surface area contributed by atoms with E-state index in [1.54, 1.807) is 22.0 Å². The van der Waals surface area contributed by atoms with Crippen LogP contribution in [-0.2, 0) is 43.3 Å². The van der Waals surface area contributed by atoms with Crippen molar-refractivity contribution in [2.45, 2.75) is 118 Å². The normalized spacial score (nSPS) is 22.9. The fraction of sp³-hybridized carbons (Fsp3) is 0.519. The summed E-state index contributed by atoms with van der Waals surface area (Å²) >= 11 is 0. The van der Waals surface area contributed by atoms with Gasteiger partial charge in [0, 0.05) is 61.0 Å². The predicted molar refractivity (Wildman–Crippen MR) is 259 cm³/mol. The number of esters is 1. The van der Waals surface area contributed by atoms with Crippen LogP contribution in [0, 0.1) is 37.0 Å². The smallest absolute Gasteiger partial charge is 0.324 e. The molecule has 0 radical (unpaired) electrons. The summed E-state index contributed by atoms with van der Waals surface area (Å²) < 4.78 is 8.61. The van der Waals surface area contributed by atoms with Crippen LogP contribution < -0.4 is 10.7 Å². The molecule has 4 aliphatic rings. The predicted octanol–water partition coefficient (Wildman–Crippen LogP) is 7.74. The monoisotopic (exact) mass is 899 g/mol. The van der Waals surface area contributed by atoms with Gasteiger partial charge in [0.05, 0.1) is 18.3 Å². The zero-order valence-corrected chi connectivity index (χ0v) is 40.3. The Labute approximate surface area is 390 Å². The Bertz CT molecular complexity index is 2520.